The minimum absolute atomic E-state index is 0.204. The van der Waals surface area contributed by atoms with Crippen molar-refractivity contribution in [3.05, 3.63) is 54.6 Å². The number of piperidine rings is 1. The summed E-state index contributed by atoms with van der Waals surface area (Å²) < 4.78 is 27.6. The summed E-state index contributed by atoms with van der Waals surface area (Å²) in [7, 11) is -3.51. The SMILES string of the molecule is O=S(=O)(NCCN1CCC[C@@H](CO)C1)c1ccc(-c2ccccc2)cc1. The van der Waals surface area contributed by atoms with Gasteiger partial charge in [0.15, 0.2) is 0 Å². The standard InChI is InChI=1S/C20H26N2O3S/c23-16-17-5-4-13-22(15-17)14-12-21-26(24,25)20-10-8-19(9-11-20)18-6-2-1-3-7-18/h1-3,6-11,17,21,23H,4-5,12-16H2/t17-/m1/s1. The molecule has 1 atom stereocenters. The van der Waals surface area contributed by atoms with Crippen LogP contribution in [0, 0.1) is 5.92 Å². The van der Waals surface area contributed by atoms with Gasteiger partial charge in [-0.15, -0.1) is 0 Å². The molecule has 0 aliphatic carbocycles. The molecule has 140 valence electrons. The van der Waals surface area contributed by atoms with Gasteiger partial charge in [-0.2, -0.15) is 0 Å². The third-order valence-corrected chi connectivity index (χ3v) is 6.33. The molecule has 1 aliphatic rings. The van der Waals surface area contributed by atoms with E-state index in [1.807, 2.05) is 42.5 Å². The minimum Gasteiger partial charge on any atom is -0.396 e. The van der Waals surface area contributed by atoms with E-state index in [2.05, 4.69) is 9.62 Å². The number of hydrogen-bond acceptors (Lipinski definition) is 4. The van der Waals surface area contributed by atoms with Gasteiger partial charge in [0.1, 0.15) is 0 Å². The first-order chi connectivity index (χ1) is 12.6. The molecule has 26 heavy (non-hydrogen) atoms. The molecule has 1 aliphatic heterocycles. The summed E-state index contributed by atoms with van der Waals surface area (Å²) in [4.78, 5) is 2.50. The van der Waals surface area contributed by atoms with E-state index in [4.69, 9.17) is 0 Å². The lowest BCUT2D eigenvalue weighted by Crippen LogP contribution is -2.41. The number of aliphatic hydroxyl groups is 1. The number of benzene rings is 2. The molecule has 0 unspecified atom stereocenters. The van der Waals surface area contributed by atoms with Crippen molar-refractivity contribution in [1.82, 2.24) is 9.62 Å². The summed E-state index contributed by atoms with van der Waals surface area (Å²) in [5.74, 6) is 0.311. The molecular formula is C20H26N2O3S. The van der Waals surface area contributed by atoms with E-state index >= 15 is 0 Å². The van der Waals surface area contributed by atoms with Crippen LogP contribution >= 0.6 is 0 Å². The maximum absolute atomic E-state index is 12.5. The molecule has 2 N–H and O–H groups in total. The molecule has 1 fully saturated rings. The van der Waals surface area contributed by atoms with Crippen LogP contribution < -0.4 is 4.72 Å². The summed E-state index contributed by atoms with van der Waals surface area (Å²) in [5.41, 5.74) is 2.06. The molecule has 0 saturated carbocycles. The van der Waals surface area contributed by atoms with Crippen molar-refractivity contribution in [1.29, 1.82) is 0 Å². The normalized spacial score (nSPS) is 18.7. The van der Waals surface area contributed by atoms with Crippen LogP contribution in [0.4, 0.5) is 0 Å². The third kappa shape index (κ3) is 4.92. The highest BCUT2D eigenvalue weighted by molar-refractivity contribution is 7.89. The lowest BCUT2D eigenvalue weighted by Gasteiger charge is -2.31. The van der Waals surface area contributed by atoms with Crippen LogP contribution in [0.1, 0.15) is 12.8 Å². The quantitative estimate of drug-likeness (QED) is 0.780. The Labute approximate surface area is 155 Å². The molecule has 2 aromatic carbocycles. The van der Waals surface area contributed by atoms with Crippen LogP contribution in [0.25, 0.3) is 11.1 Å². The van der Waals surface area contributed by atoms with Crippen LogP contribution in [0.5, 0.6) is 0 Å². The van der Waals surface area contributed by atoms with Crippen LogP contribution in [0.2, 0.25) is 0 Å². The van der Waals surface area contributed by atoms with Gasteiger partial charge in [-0.25, -0.2) is 13.1 Å². The van der Waals surface area contributed by atoms with Gasteiger partial charge in [-0.05, 0) is 48.6 Å². The van der Waals surface area contributed by atoms with Crippen molar-refractivity contribution in [2.24, 2.45) is 5.92 Å². The van der Waals surface area contributed by atoms with Gasteiger partial charge in [0.05, 0.1) is 4.90 Å². The smallest absolute Gasteiger partial charge is 0.240 e. The Kier molecular flexibility index (Phi) is 6.43. The lowest BCUT2D eigenvalue weighted by molar-refractivity contribution is 0.122. The van der Waals surface area contributed by atoms with Crippen LogP contribution in [0.15, 0.2) is 59.5 Å². The average molecular weight is 375 g/mol. The zero-order valence-corrected chi connectivity index (χ0v) is 15.7. The Balaban J connectivity index is 1.56. The van der Waals surface area contributed by atoms with Crippen LogP contribution in [0.3, 0.4) is 0 Å². The molecular weight excluding hydrogens is 348 g/mol. The fourth-order valence-electron chi connectivity index (χ4n) is 3.38. The summed E-state index contributed by atoms with van der Waals surface area (Å²) >= 11 is 0. The number of aliphatic hydroxyl groups excluding tert-OH is 1. The highest BCUT2D eigenvalue weighted by Gasteiger charge is 2.20. The van der Waals surface area contributed by atoms with Crippen molar-refractivity contribution in [3.8, 4) is 11.1 Å². The Bertz CT molecular complexity index is 792. The Morgan fingerprint density at radius 3 is 2.42 bits per heavy atom. The predicted octanol–water partition coefficient (Wildman–Crippen LogP) is 2.34. The van der Waals surface area contributed by atoms with Gasteiger partial charge in [0.2, 0.25) is 10.0 Å². The largest absolute Gasteiger partial charge is 0.396 e. The van der Waals surface area contributed by atoms with Crippen LogP contribution in [-0.4, -0.2) is 51.2 Å². The van der Waals surface area contributed by atoms with Crippen LogP contribution in [-0.2, 0) is 10.0 Å². The summed E-state index contributed by atoms with van der Waals surface area (Å²) in [6.45, 7) is 3.04. The molecule has 3 rings (SSSR count). The van der Waals surface area contributed by atoms with E-state index in [-0.39, 0.29) is 11.5 Å². The molecule has 6 heteroatoms. The number of sulfonamides is 1. The molecule has 0 bridgehead atoms. The number of nitrogens with zero attached hydrogens (tertiary/aromatic N) is 1. The third-order valence-electron chi connectivity index (χ3n) is 4.85. The average Bonchev–Trinajstić information content (AvgIpc) is 2.69. The number of rotatable bonds is 7. The van der Waals surface area contributed by atoms with Crippen molar-refractivity contribution < 1.29 is 13.5 Å². The molecule has 0 amide bonds. The topological polar surface area (TPSA) is 69.6 Å². The first kappa shape index (κ1) is 19.0. The predicted molar refractivity (Wildman–Crippen MR) is 103 cm³/mol. The summed E-state index contributed by atoms with van der Waals surface area (Å²) in [6.07, 6.45) is 2.10. The van der Waals surface area contributed by atoms with E-state index in [1.54, 1.807) is 12.1 Å². The van der Waals surface area contributed by atoms with Gasteiger partial charge in [0.25, 0.3) is 0 Å². The number of likely N-dealkylation sites (tertiary alicyclic amines) is 1. The molecule has 1 saturated heterocycles. The number of nitrogens with one attached hydrogen (secondary N) is 1. The fraction of sp³-hybridized carbons (Fsp3) is 0.400. The van der Waals surface area contributed by atoms with Gasteiger partial charge in [-0.3, -0.25) is 0 Å². The Morgan fingerprint density at radius 2 is 1.73 bits per heavy atom. The zero-order chi connectivity index (χ0) is 18.4. The van der Waals surface area contributed by atoms with Gasteiger partial charge >= 0.3 is 0 Å². The summed E-state index contributed by atoms with van der Waals surface area (Å²) in [5, 5.41) is 9.28. The van der Waals surface area contributed by atoms with Gasteiger partial charge in [-0.1, -0.05) is 42.5 Å². The minimum atomic E-state index is -3.51. The Morgan fingerprint density at radius 1 is 1.04 bits per heavy atom. The van der Waals surface area contributed by atoms with E-state index in [1.165, 1.54) is 0 Å². The molecule has 0 aromatic heterocycles. The second-order valence-electron chi connectivity index (χ2n) is 6.78. The van der Waals surface area contributed by atoms with E-state index < -0.39 is 10.0 Å². The number of hydrogen-bond donors (Lipinski definition) is 2. The maximum Gasteiger partial charge on any atom is 0.240 e. The van der Waals surface area contributed by atoms with Crippen molar-refractivity contribution >= 4 is 10.0 Å². The van der Waals surface area contributed by atoms with E-state index in [0.29, 0.717) is 19.0 Å². The Hall–Kier alpha value is -1.73. The van der Waals surface area contributed by atoms with Crippen molar-refractivity contribution in [2.75, 3.05) is 32.8 Å². The van der Waals surface area contributed by atoms with Crippen molar-refractivity contribution in [2.45, 2.75) is 17.7 Å². The van der Waals surface area contributed by atoms with Crippen molar-refractivity contribution in [3.63, 3.8) is 0 Å². The fourth-order valence-corrected chi connectivity index (χ4v) is 4.40. The monoisotopic (exact) mass is 374 g/mol. The second kappa shape index (κ2) is 8.77. The summed E-state index contributed by atoms with van der Waals surface area (Å²) in [6, 6.07) is 16.8. The van der Waals surface area contributed by atoms with E-state index in [9.17, 15) is 13.5 Å². The second-order valence-corrected chi connectivity index (χ2v) is 8.55. The molecule has 2 aromatic rings. The molecule has 0 spiro atoms. The first-order valence-corrected chi connectivity index (χ1v) is 10.6. The van der Waals surface area contributed by atoms with E-state index in [0.717, 1.165) is 37.1 Å². The molecule has 0 radical (unpaired) electrons. The maximum atomic E-state index is 12.5. The highest BCUT2D eigenvalue weighted by atomic mass is 32.2. The van der Waals surface area contributed by atoms with Gasteiger partial charge in [0, 0.05) is 26.2 Å². The zero-order valence-electron chi connectivity index (χ0n) is 14.8. The lowest BCUT2D eigenvalue weighted by atomic mass is 9.99. The highest BCUT2D eigenvalue weighted by Crippen LogP contribution is 2.21. The molecule has 5 nitrogen and oxygen atoms in total. The van der Waals surface area contributed by atoms with Gasteiger partial charge < -0.3 is 10.0 Å². The first-order valence-electron chi connectivity index (χ1n) is 9.07. The molecule has 1 heterocycles.